The van der Waals surface area contributed by atoms with Gasteiger partial charge >= 0.3 is 0 Å². The summed E-state index contributed by atoms with van der Waals surface area (Å²) in [5, 5.41) is 0. The van der Waals surface area contributed by atoms with Crippen molar-refractivity contribution in [3.05, 3.63) is 53.7 Å². The molecule has 0 radical (unpaired) electrons. The van der Waals surface area contributed by atoms with Gasteiger partial charge in [-0.15, -0.1) is 11.8 Å². The monoisotopic (exact) mass is 258 g/mol. The highest BCUT2D eigenvalue weighted by atomic mass is 32.2. The van der Waals surface area contributed by atoms with E-state index in [2.05, 4.69) is 43.1 Å². The fraction of sp³-hybridized carbons (Fsp3) is 0.267. The van der Waals surface area contributed by atoms with Gasteiger partial charge in [0.1, 0.15) is 5.82 Å². The molecule has 18 heavy (non-hydrogen) atoms. The molecule has 0 saturated carbocycles. The molecule has 1 aromatic heterocycles. The maximum atomic E-state index is 5.56. The minimum Gasteiger partial charge on any atom is -0.384 e. The maximum absolute atomic E-state index is 5.56. The first-order chi connectivity index (χ1) is 8.65. The van der Waals surface area contributed by atoms with Gasteiger partial charge in [-0.3, -0.25) is 0 Å². The molecule has 0 aliphatic rings. The molecule has 0 aliphatic heterocycles. The number of pyridine rings is 1. The molecular formula is C15H18N2S. The SMILES string of the molecule is CC(C)c1ccc(SCc2ccc(N)nc2)cc1. The Morgan fingerprint density at radius 2 is 1.83 bits per heavy atom. The third kappa shape index (κ3) is 3.50. The Bertz CT molecular complexity index is 489. The van der Waals surface area contributed by atoms with Crippen LogP contribution in [0.2, 0.25) is 0 Å². The number of nitrogens with two attached hydrogens (primary N) is 1. The predicted molar refractivity (Wildman–Crippen MR) is 78.7 cm³/mol. The lowest BCUT2D eigenvalue weighted by atomic mass is 10.0. The number of hydrogen-bond acceptors (Lipinski definition) is 3. The second-order valence-electron chi connectivity index (χ2n) is 4.60. The molecule has 0 spiro atoms. The minimum absolute atomic E-state index is 0.574. The van der Waals surface area contributed by atoms with E-state index < -0.39 is 0 Å². The van der Waals surface area contributed by atoms with E-state index in [0.29, 0.717) is 11.7 Å². The molecule has 1 aromatic carbocycles. The van der Waals surface area contributed by atoms with Gasteiger partial charge in [0.15, 0.2) is 0 Å². The lowest BCUT2D eigenvalue weighted by Crippen LogP contribution is -1.90. The lowest BCUT2D eigenvalue weighted by molar-refractivity contribution is 0.865. The van der Waals surface area contributed by atoms with Crippen molar-refractivity contribution in [2.75, 3.05) is 5.73 Å². The fourth-order valence-corrected chi connectivity index (χ4v) is 2.47. The van der Waals surface area contributed by atoms with Crippen molar-refractivity contribution in [2.45, 2.75) is 30.4 Å². The van der Waals surface area contributed by atoms with Crippen LogP contribution in [0, 0.1) is 0 Å². The molecule has 0 saturated heterocycles. The molecule has 2 aromatic rings. The second kappa shape index (κ2) is 5.91. The van der Waals surface area contributed by atoms with Crippen molar-refractivity contribution < 1.29 is 0 Å². The van der Waals surface area contributed by atoms with Gasteiger partial charge in [0.25, 0.3) is 0 Å². The average Bonchev–Trinajstić information content (AvgIpc) is 2.38. The molecule has 0 amide bonds. The Morgan fingerprint density at radius 3 is 2.39 bits per heavy atom. The van der Waals surface area contributed by atoms with E-state index in [-0.39, 0.29) is 0 Å². The van der Waals surface area contributed by atoms with Crippen molar-refractivity contribution in [3.63, 3.8) is 0 Å². The number of anilines is 1. The molecule has 0 unspecified atom stereocenters. The number of rotatable bonds is 4. The third-order valence-electron chi connectivity index (χ3n) is 2.80. The van der Waals surface area contributed by atoms with Gasteiger partial charge in [-0.25, -0.2) is 4.98 Å². The van der Waals surface area contributed by atoms with E-state index in [1.165, 1.54) is 16.0 Å². The van der Waals surface area contributed by atoms with Crippen LogP contribution in [-0.4, -0.2) is 4.98 Å². The van der Waals surface area contributed by atoms with Gasteiger partial charge in [0.05, 0.1) is 0 Å². The summed E-state index contributed by atoms with van der Waals surface area (Å²) in [5.41, 5.74) is 8.14. The number of thioether (sulfide) groups is 1. The first-order valence-corrected chi connectivity index (χ1v) is 7.07. The van der Waals surface area contributed by atoms with Gasteiger partial charge in [-0.05, 0) is 35.2 Å². The predicted octanol–water partition coefficient (Wildman–Crippen LogP) is 4.08. The summed E-state index contributed by atoms with van der Waals surface area (Å²) < 4.78 is 0. The molecule has 0 fully saturated rings. The highest BCUT2D eigenvalue weighted by Gasteiger charge is 2.00. The Kier molecular flexibility index (Phi) is 4.26. The number of nitrogens with zero attached hydrogens (tertiary/aromatic N) is 1. The molecule has 0 atom stereocenters. The van der Waals surface area contributed by atoms with Crippen LogP contribution in [0.3, 0.4) is 0 Å². The van der Waals surface area contributed by atoms with Gasteiger partial charge in [-0.2, -0.15) is 0 Å². The largest absolute Gasteiger partial charge is 0.384 e. The highest BCUT2D eigenvalue weighted by Crippen LogP contribution is 2.24. The van der Waals surface area contributed by atoms with Gasteiger partial charge in [-0.1, -0.05) is 32.0 Å². The second-order valence-corrected chi connectivity index (χ2v) is 5.65. The van der Waals surface area contributed by atoms with Crippen molar-refractivity contribution in [1.29, 1.82) is 0 Å². The lowest BCUT2D eigenvalue weighted by Gasteiger charge is -2.06. The normalized spacial score (nSPS) is 10.8. The zero-order valence-electron chi connectivity index (χ0n) is 10.8. The molecule has 1 heterocycles. The van der Waals surface area contributed by atoms with E-state index in [4.69, 9.17) is 5.73 Å². The summed E-state index contributed by atoms with van der Waals surface area (Å²) in [6, 6.07) is 12.6. The summed E-state index contributed by atoms with van der Waals surface area (Å²) in [7, 11) is 0. The van der Waals surface area contributed by atoms with Gasteiger partial charge in [0, 0.05) is 16.8 Å². The Morgan fingerprint density at radius 1 is 1.11 bits per heavy atom. The van der Waals surface area contributed by atoms with Gasteiger partial charge < -0.3 is 5.73 Å². The van der Waals surface area contributed by atoms with E-state index in [1.807, 2.05) is 30.1 Å². The highest BCUT2D eigenvalue weighted by molar-refractivity contribution is 7.98. The standard InChI is InChI=1S/C15H18N2S/c1-11(2)13-4-6-14(7-5-13)18-10-12-3-8-15(16)17-9-12/h3-9,11H,10H2,1-2H3,(H2,16,17). The molecule has 0 aliphatic carbocycles. The number of hydrogen-bond donors (Lipinski definition) is 1. The van der Waals surface area contributed by atoms with Crippen molar-refractivity contribution in [3.8, 4) is 0 Å². The van der Waals surface area contributed by atoms with Crippen LogP contribution in [-0.2, 0) is 5.75 Å². The Labute approximate surface area is 113 Å². The van der Waals surface area contributed by atoms with E-state index in [0.717, 1.165) is 5.75 Å². The van der Waals surface area contributed by atoms with Crippen LogP contribution in [0.4, 0.5) is 5.82 Å². The smallest absolute Gasteiger partial charge is 0.123 e. The summed E-state index contributed by atoms with van der Waals surface area (Å²) in [4.78, 5) is 5.38. The van der Waals surface area contributed by atoms with Crippen LogP contribution < -0.4 is 5.73 Å². The third-order valence-corrected chi connectivity index (χ3v) is 3.88. The van der Waals surface area contributed by atoms with Crippen LogP contribution in [0.25, 0.3) is 0 Å². The van der Waals surface area contributed by atoms with Gasteiger partial charge in [0.2, 0.25) is 0 Å². The average molecular weight is 258 g/mol. The Balaban J connectivity index is 1.95. The van der Waals surface area contributed by atoms with Crippen LogP contribution >= 0.6 is 11.8 Å². The summed E-state index contributed by atoms with van der Waals surface area (Å²) in [5.74, 6) is 2.09. The molecule has 2 N–H and O–H groups in total. The number of aromatic nitrogens is 1. The molecule has 2 nitrogen and oxygen atoms in total. The molecule has 0 bridgehead atoms. The van der Waals surface area contributed by atoms with Crippen LogP contribution in [0.5, 0.6) is 0 Å². The number of benzene rings is 1. The Hall–Kier alpha value is -1.48. The molecule has 94 valence electrons. The summed E-state index contributed by atoms with van der Waals surface area (Å²) in [6.45, 7) is 4.42. The molecular weight excluding hydrogens is 240 g/mol. The van der Waals surface area contributed by atoms with Crippen molar-refractivity contribution in [2.24, 2.45) is 0 Å². The quantitative estimate of drug-likeness (QED) is 0.840. The van der Waals surface area contributed by atoms with E-state index in [1.54, 1.807) is 0 Å². The maximum Gasteiger partial charge on any atom is 0.123 e. The molecule has 2 rings (SSSR count). The number of nitrogen functional groups attached to an aromatic ring is 1. The topological polar surface area (TPSA) is 38.9 Å². The first-order valence-electron chi connectivity index (χ1n) is 6.08. The minimum atomic E-state index is 0.574. The van der Waals surface area contributed by atoms with Crippen molar-refractivity contribution >= 4 is 17.6 Å². The van der Waals surface area contributed by atoms with E-state index in [9.17, 15) is 0 Å². The van der Waals surface area contributed by atoms with Crippen LogP contribution in [0.15, 0.2) is 47.5 Å². The fourth-order valence-electron chi connectivity index (χ4n) is 1.64. The van der Waals surface area contributed by atoms with Crippen LogP contribution in [0.1, 0.15) is 30.9 Å². The summed E-state index contributed by atoms with van der Waals surface area (Å²) >= 11 is 1.82. The first kappa shape index (κ1) is 13.0. The zero-order valence-corrected chi connectivity index (χ0v) is 11.6. The summed E-state index contributed by atoms with van der Waals surface area (Å²) in [6.07, 6.45) is 1.84. The molecule has 3 heteroatoms. The van der Waals surface area contributed by atoms with E-state index >= 15 is 0 Å². The van der Waals surface area contributed by atoms with Crippen molar-refractivity contribution in [1.82, 2.24) is 4.98 Å². The zero-order chi connectivity index (χ0) is 13.0.